The van der Waals surface area contributed by atoms with Crippen molar-refractivity contribution in [3.05, 3.63) is 29.6 Å². The van der Waals surface area contributed by atoms with Crippen LogP contribution in [0.5, 0.6) is 0 Å². The second-order valence-electron chi connectivity index (χ2n) is 4.68. The normalized spacial score (nSPS) is 9.67. The molecule has 1 heterocycles. The predicted molar refractivity (Wildman–Crippen MR) is 79.2 cm³/mol. The van der Waals surface area contributed by atoms with Crippen LogP contribution in [0.15, 0.2) is 18.3 Å². The first kappa shape index (κ1) is 16.7. The third-order valence-corrected chi connectivity index (χ3v) is 2.82. The summed E-state index contributed by atoms with van der Waals surface area (Å²) in [6.45, 7) is 4.15. The fourth-order valence-electron chi connectivity index (χ4n) is 1.79. The average molecular weight is 285 g/mol. The quantitative estimate of drug-likeness (QED) is 0.833. The maximum Gasteiger partial charge on any atom is 0.274 e. The highest BCUT2D eigenvalue weighted by Gasteiger charge is 2.21. The Labute approximate surface area is 125 Å². The minimum Gasteiger partial charge on any atom is -0.395 e. The molecule has 0 bridgehead atoms. The lowest BCUT2D eigenvalue weighted by Gasteiger charge is -2.25. The van der Waals surface area contributed by atoms with Crippen molar-refractivity contribution in [2.75, 3.05) is 13.2 Å². The molecule has 1 rings (SSSR count). The van der Waals surface area contributed by atoms with Crippen molar-refractivity contribution in [3.63, 3.8) is 0 Å². The number of amides is 1. The molecular formula is C16H19N3O2. The van der Waals surface area contributed by atoms with E-state index >= 15 is 0 Å². The van der Waals surface area contributed by atoms with Gasteiger partial charge in [0, 0.05) is 25.2 Å². The van der Waals surface area contributed by atoms with Crippen LogP contribution in [-0.4, -0.2) is 40.1 Å². The van der Waals surface area contributed by atoms with E-state index in [1.807, 2.05) is 19.9 Å². The van der Waals surface area contributed by atoms with Crippen molar-refractivity contribution >= 4 is 5.91 Å². The van der Waals surface area contributed by atoms with Crippen molar-refractivity contribution in [2.45, 2.75) is 32.7 Å². The number of pyridine rings is 1. The Hall–Kier alpha value is -2.37. The molecule has 5 nitrogen and oxygen atoms in total. The van der Waals surface area contributed by atoms with E-state index in [1.54, 1.807) is 23.2 Å². The summed E-state index contributed by atoms with van der Waals surface area (Å²) in [5.41, 5.74) is 0.827. The molecule has 110 valence electrons. The summed E-state index contributed by atoms with van der Waals surface area (Å²) in [5.74, 6) is 5.43. The molecule has 0 unspecified atom stereocenters. The maximum absolute atomic E-state index is 12.6. The molecule has 0 aromatic carbocycles. The number of rotatable bonds is 5. The molecule has 21 heavy (non-hydrogen) atoms. The van der Waals surface area contributed by atoms with Gasteiger partial charge >= 0.3 is 0 Å². The largest absolute Gasteiger partial charge is 0.395 e. The maximum atomic E-state index is 12.6. The Morgan fingerprint density at radius 1 is 1.48 bits per heavy atom. The summed E-state index contributed by atoms with van der Waals surface area (Å²) < 4.78 is 0. The monoisotopic (exact) mass is 285 g/mol. The van der Waals surface area contributed by atoms with E-state index in [0.717, 1.165) is 0 Å². The Morgan fingerprint density at radius 2 is 2.24 bits per heavy atom. The van der Waals surface area contributed by atoms with E-state index in [1.165, 1.54) is 0 Å². The second kappa shape index (κ2) is 8.73. The van der Waals surface area contributed by atoms with Crippen LogP contribution in [-0.2, 0) is 0 Å². The van der Waals surface area contributed by atoms with Crippen LogP contribution in [0.2, 0.25) is 0 Å². The molecule has 0 atom stereocenters. The molecule has 0 spiro atoms. The summed E-state index contributed by atoms with van der Waals surface area (Å²) in [6.07, 6.45) is 2.18. The number of aliphatic hydroxyl groups excluding tert-OH is 1. The molecule has 1 aromatic heterocycles. The lowest BCUT2D eigenvalue weighted by atomic mass is 10.1. The summed E-state index contributed by atoms with van der Waals surface area (Å²) in [7, 11) is 0. The first-order chi connectivity index (χ1) is 10.1. The molecule has 0 saturated heterocycles. The summed E-state index contributed by atoms with van der Waals surface area (Å²) in [4.78, 5) is 18.3. The van der Waals surface area contributed by atoms with E-state index in [4.69, 9.17) is 10.4 Å². The van der Waals surface area contributed by atoms with Crippen LogP contribution in [0, 0.1) is 23.2 Å². The van der Waals surface area contributed by atoms with Gasteiger partial charge in [-0.2, -0.15) is 5.26 Å². The van der Waals surface area contributed by atoms with Gasteiger partial charge in [-0.05, 0) is 26.0 Å². The molecule has 1 amide bonds. The predicted octanol–water partition coefficient (Wildman–Crippen LogP) is 1.58. The smallest absolute Gasteiger partial charge is 0.274 e. The van der Waals surface area contributed by atoms with Crippen LogP contribution >= 0.6 is 0 Å². The molecule has 0 aliphatic rings. The zero-order chi connectivity index (χ0) is 15.7. The van der Waals surface area contributed by atoms with E-state index < -0.39 is 0 Å². The highest BCUT2D eigenvalue weighted by molar-refractivity contribution is 5.95. The Morgan fingerprint density at radius 3 is 2.86 bits per heavy atom. The minimum atomic E-state index is -0.228. The van der Waals surface area contributed by atoms with Gasteiger partial charge < -0.3 is 10.0 Å². The van der Waals surface area contributed by atoms with Crippen LogP contribution in [0.1, 0.15) is 42.7 Å². The lowest BCUT2D eigenvalue weighted by Crippen LogP contribution is -2.38. The molecular weight excluding hydrogens is 266 g/mol. The highest BCUT2D eigenvalue weighted by atomic mass is 16.2. The molecule has 0 saturated carbocycles. The van der Waals surface area contributed by atoms with Crippen molar-refractivity contribution in [1.82, 2.24) is 9.88 Å². The second-order valence-corrected chi connectivity index (χ2v) is 4.68. The molecule has 1 N–H and O–H groups in total. The highest BCUT2D eigenvalue weighted by Crippen LogP contribution is 2.11. The number of carbonyl (C=O) groups excluding carboxylic acids is 1. The van der Waals surface area contributed by atoms with Crippen LogP contribution in [0.3, 0.4) is 0 Å². The number of hydrogen-bond donors (Lipinski definition) is 1. The van der Waals surface area contributed by atoms with Crippen molar-refractivity contribution in [2.24, 2.45) is 0 Å². The van der Waals surface area contributed by atoms with Crippen molar-refractivity contribution < 1.29 is 9.90 Å². The zero-order valence-electron chi connectivity index (χ0n) is 12.3. The van der Waals surface area contributed by atoms with E-state index in [0.29, 0.717) is 18.5 Å². The number of aromatic nitrogens is 1. The van der Waals surface area contributed by atoms with Crippen molar-refractivity contribution in [3.8, 4) is 17.9 Å². The van der Waals surface area contributed by atoms with E-state index in [9.17, 15) is 4.79 Å². The van der Waals surface area contributed by atoms with Crippen LogP contribution in [0.4, 0.5) is 0 Å². The molecule has 0 aliphatic carbocycles. The van der Waals surface area contributed by atoms with Gasteiger partial charge in [0.2, 0.25) is 0 Å². The number of hydrogen-bond acceptors (Lipinski definition) is 4. The third-order valence-electron chi connectivity index (χ3n) is 2.82. The number of nitrogens with zero attached hydrogens (tertiary/aromatic N) is 3. The minimum absolute atomic E-state index is 0.0170. The Bertz CT molecular complexity index is 579. The topological polar surface area (TPSA) is 77.2 Å². The van der Waals surface area contributed by atoms with Gasteiger partial charge in [0.25, 0.3) is 5.91 Å². The van der Waals surface area contributed by atoms with Gasteiger partial charge in [0.1, 0.15) is 5.69 Å². The SMILES string of the molecule is CC(C)N(CCC#N)C(=O)c1ncccc1C#CCCO. The van der Waals surface area contributed by atoms with Gasteiger partial charge in [0.15, 0.2) is 0 Å². The molecule has 0 aliphatic heterocycles. The van der Waals surface area contributed by atoms with Gasteiger partial charge in [-0.1, -0.05) is 11.8 Å². The molecule has 0 fully saturated rings. The van der Waals surface area contributed by atoms with Gasteiger partial charge in [-0.3, -0.25) is 4.79 Å². The summed E-state index contributed by atoms with van der Waals surface area (Å²) in [5, 5.41) is 17.5. The zero-order valence-corrected chi connectivity index (χ0v) is 12.3. The fourth-order valence-corrected chi connectivity index (χ4v) is 1.79. The summed E-state index contributed by atoms with van der Waals surface area (Å²) >= 11 is 0. The van der Waals surface area contributed by atoms with Crippen molar-refractivity contribution in [1.29, 1.82) is 5.26 Å². The Kier molecular flexibility index (Phi) is 6.94. The van der Waals surface area contributed by atoms with Gasteiger partial charge in [0.05, 0.1) is 24.7 Å². The first-order valence-corrected chi connectivity index (χ1v) is 6.84. The van der Waals surface area contributed by atoms with E-state index in [-0.39, 0.29) is 30.7 Å². The first-order valence-electron chi connectivity index (χ1n) is 6.84. The lowest BCUT2D eigenvalue weighted by molar-refractivity contribution is 0.0704. The van der Waals surface area contributed by atoms with Crippen LogP contribution in [0.25, 0.3) is 0 Å². The third kappa shape index (κ3) is 4.91. The molecule has 5 heteroatoms. The molecule has 0 radical (unpaired) electrons. The number of nitriles is 1. The molecule has 1 aromatic rings. The number of aliphatic hydroxyl groups is 1. The van der Waals surface area contributed by atoms with Crippen LogP contribution < -0.4 is 0 Å². The fraction of sp³-hybridized carbons (Fsp3) is 0.438. The average Bonchev–Trinajstić information content (AvgIpc) is 2.48. The van der Waals surface area contributed by atoms with E-state index in [2.05, 4.69) is 16.8 Å². The van der Waals surface area contributed by atoms with Gasteiger partial charge in [-0.25, -0.2) is 4.98 Å². The van der Waals surface area contributed by atoms with Gasteiger partial charge in [-0.15, -0.1) is 0 Å². The summed E-state index contributed by atoms with van der Waals surface area (Å²) in [6, 6.07) is 5.47. The Balaban J connectivity index is 3.06. The number of carbonyl (C=O) groups is 1. The standard InChI is InChI=1S/C16H19N3O2/c1-13(2)19(11-6-9-17)16(21)15-14(7-3-4-12-20)8-5-10-18-15/h5,8,10,13,20H,4,6,11-12H2,1-2H3.